The van der Waals surface area contributed by atoms with Crippen LogP contribution in [0.4, 0.5) is 16.2 Å². The Morgan fingerprint density at radius 1 is 1.26 bits per heavy atom. The molecule has 3 N–H and O–H groups in total. The Morgan fingerprint density at radius 3 is 2.69 bits per heavy atom. The number of hydrogen-bond donors (Lipinski definition) is 2. The fourth-order valence-corrected chi connectivity index (χ4v) is 4.02. The van der Waals surface area contributed by atoms with Crippen LogP contribution in [0.15, 0.2) is 36.7 Å². The molecule has 0 spiro atoms. The van der Waals surface area contributed by atoms with Gasteiger partial charge in [0, 0.05) is 13.5 Å². The second-order valence-corrected chi connectivity index (χ2v) is 8.29. The summed E-state index contributed by atoms with van der Waals surface area (Å²) in [7, 11) is 1.64. The van der Waals surface area contributed by atoms with Crippen LogP contribution >= 0.6 is 0 Å². The minimum atomic E-state index is -2.21. The lowest BCUT2D eigenvalue weighted by atomic mass is 9.98. The quantitative estimate of drug-likeness (QED) is 0.455. The first-order valence-corrected chi connectivity index (χ1v) is 11.2. The smallest absolute Gasteiger partial charge is 0.310 e. The number of nitrogen functional groups attached to an aromatic ring is 1. The van der Waals surface area contributed by atoms with E-state index in [2.05, 4.69) is 20.3 Å². The zero-order valence-electron chi connectivity index (χ0n) is 19.6. The van der Waals surface area contributed by atoms with E-state index in [-0.39, 0.29) is 31.0 Å². The molecule has 2 aromatic heterocycles. The predicted octanol–water partition coefficient (Wildman–Crippen LogP) is 2.18. The van der Waals surface area contributed by atoms with Crippen LogP contribution in [0.5, 0.6) is 0 Å². The number of anilines is 2. The van der Waals surface area contributed by atoms with Crippen molar-refractivity contribution in [2.45, 2.75) is 50.8 Å². The van der Waals surface area contributed by atoms with Crippen LogP contribution in [0.1, 0.15) is 32.1 Å². The van der Waals surface area contributed by atoms with E-state index in [1.807, 2.05) is 18.2 Å². The van der Waals surface area contributed by atoms with Crippen LogP contribution in [-0.4, -0.2) is 63.0 Å². The number of nitrogens with two attached hydrogens (primary N) is 1. The Labute approximate surface area is 200 Å². The van der Waals surface area contributed by atoms with Gasteiger partial charge in [0.2, 0.25) is 5.95 Å². The van der Waals surface area contributed by atoms with E-state index in [0.717, 1.165) is 5.56 Å². The van der Waals surface area contributed by atoms with Crippen LogP contribution in [0.3, 0.4) is 0 Å². The third-order valence-electron chi connectivity index (χ3n) is 5.76. The molecule has 4 unspecified atom stereocenters. The van der Waals surface area contributed by atoms with E-state index < -0.39 is 36.0 Å². The van der Waals surface area contributed by atoms with Crippen molar-refractivity contribution in [1.29, 1.82) is 0 Å². The highest BCUT2D eigenvalue weighted by molar-refractivity contribution is 5.84. The number of alkyl halides is 1. The number of carbonyl (C=O) groups excluding carboxylic acids is 2. The average molecular weight is 487 g/mol. The molecule has 3 aromatic rings. The number of benzene rings is 1. The van der Waals surface area contributed by atoms with Crippen molar-refractivity contribution in [2.24, 2.45) is 0 Å². The van der Waals surface area contributed by atoms with Crippen molar-refractivity contribution >= 4 is 34.9 Å². The second-order valence-electron chi connectivity index (χ2n) is 8.29. The van der Waals surface area contributed by atoms with Crippen LogP contribution in [0.2, 0.25) is 0 Å². The number of carbonyl (C=O) groups is 2. The Morgan fingerprint density at radius 2 is 2.00 bits per heavy atom. The first-order valence-electron chi connectivity index (χ1n) is 11.2. The monoisotopic (exact) mass is 486 g/mol. The van der Waals surface area contributed by atoms with Gasteiger partial charge in [-0.25, -0.2) is 9.37 Å². The number of ether oxygens (including phenoxy) is 3. The summed E-state index contributed by atoms with van der Waals surface area (Å²) in [4.78, 5) is 37.0. The molecule has 4 rings (SSSR count). The minimum absolute atomic E-state index is 0.0393. The SMILES string of the molecule is CCC(=O)OC1C(COC(=O)Cc2ccccc2)OC(n2cnc3c(NC)nc(N)nc32)C1(C)F. The molecule has 12 heteroatoms. The number of aromatic nitrogens is 4. The Hall–Kier alpha value is -3.80. The van der Waals surface area contributed by atoms with Crippen molar-refractivity contribution < 1.29 is 28.2 Å². The first-order chi connectivity index (χ1) is 16.7. The number of halogens is 1. The summed E-state index contributed by atoms with van der Waals surface area (Å²) in [6.45, 7) is 2.55. The molecular weight excluding hydrogens is 459 g/mol. The molecule has 1 aliphatic heterocycles. The molecule has 0 saturated carbocycles. The van der Waals surface area contributed by atoms with Gasteiger partial charge in [0.05, 0.1) is 12.7 Å². The van der Waals surface area contributed by atoms with Gasteiger partial charge in [-0.15, -0.1) is 0 Å². The topological polar surface area (TPSA) is 143 Å². The van der Waals surface area contributed by atoms with Crippen LogP contribution in [0, 0.1) is 0 Å². The molecule has 186 valence electrons. The number of esters is 2. The molecule has 0 bridgehead atoms. The molecular formula is C23H27FN6O5. The zero-order valence-corrected chi connectivity index (χ0v) is 19.6. The maximum atomic E-state index is 16.3. The highest BCUT2D eigenvalue weighted by Gasteiger charge is 2.58. The fourth-order valence-electron chi connectivity index (χ4n) is 4.02. The minimum Gasteiger partial charge on any atom is -0.463 e. The van der Waals surface area contributed by atoms with Crippen LogP contribution in [-0.2, 0) is 30.2 Å². The van der Waals surface area contributed by atoms with E-state index in [4.69, 9.17) is 19.9 Å². The lowest BCUT2D eigenvalue weighted by Gasteiger charge is -2.27. The Kier molecular flexibility index (Phi) is 6.83. The number of nitrogens with one attached hydrogen (secondary N) is 1. The first kappa shape index (κ1) is 24.3. The second kappa shape index (κ2) is 9.82. The van der Waals surface area contributed by atoms with E-state index in [0.29, 0.717) is 11.3 Å². The number of nitrogens with zero attached hydrogens (tertiary/aromatic N) is 4. The van der Waals surface area contributed by atoms with Gasteiger partial charge in [-0.1, -0.05) is 37.3 Å². The molecule has 0 radical (unpaired) electrons. The Bertz CT molecular complexity index is 1220. The molecule has 1 saturated heterocycles. The molecule has 1 aromatic carbocycles. The predicted molar refractivity (Wildman–Crippen MR) is 124 cm³/mol. The molecule has 0 amide bonds. The average Bonchev–Trinajstić information content (AvgIpc) is 3.35. The van der Waals surface area contributed by atoms with E-state index in [1.54, 1.807) is 26.1 Å². The molecule has 1 fully saturated rings. The molecule has 0 aliphatic carbocycles. The van der Waals surface area contributed by atoms with Crippen molar-refractivity contribution in [1.82, 2.24) is 19.5 Å². The lowest BCUT2D eigenvalue weighted by Crippen LogP contribution is -2.44. The van der Waals surface area contributed by atoms with Gasteiger partial charge in [-0.3, -0.25) is 14.2 Å². The summed E-state index contributed by atoms with van der Waals surface area (Å²) >= 11 is 0. The summed E-state index contributed by atoms with van der Waals surface area (Å²) in [6.07, 6.45) is -2.26. The standard InChI is InChI=1S/C23H27FN6O5/c1-4-15(31)35-18-14(11-33-16(32)10-13-8-6-5-7-9-13)34-21(23(18,2)24)30-12-27-17-19(26-3)28-22(25)29-20(17)30/h5-9,12,14,18,21H,4,10-11H2,1-3H3,(H3,25,26,28,29). The largest absolute Gasteiger partial charge is 0.463 e. The van der Waals surface area contributed by atoms with Gasteiger partial charge in [-0.05, 0) is 12.5 Å². The van der Waals surface area contributed by atoms with Gasteiger partial charge in [0.1, 0.15) is 12.7 Å². The maximum Gasteiger partial charge on any atom is 0.310 e. The molecule has 4 atom stereocenters. The van der Waals surface area contributed by atoms with Crippen molar-refractivity contribution in [2.75, 3.05) is 24.7 Å². The molecule has 11 nitrogen and oxygen atoms in total. The lowest BCUT2D eigenvalue weighted by molar-refractivity contribution is -0.160. The summed E-state index contributed by atoms with van der Waals surface area (Å²) in [6, 6.07) is 9.06. The third-order valence-corrected chi connectivity index (χ3v) is 5.76. The van der Waals surface area contributed by atoms with Crippen molar-refractivity contribution in [3.63, 3.8) is 0 Å². The van der Waals surface area contributed by atoms with Gasteiger partial charge in [0.25, 0.3) is 0 Å². The summed E-state index contributed by atoms with van der Waals surface area (Å²) in [5.74, 6) is -0.799. The van der Waals surface area contributed by atoms with E-state index in [1.165, 1.54) is 17.8 Å². The fraction of sp³-hybridized carbons (Fsp3) is 0.435. The molecule has 35 heavy (non-hydrogen) atoms. The Balaban J connectivity index is 1.60. The van der Waals surface area contributed by atoms with Crippen LogP contribution in [0.25, 0.3) is 11.2 Å². The summed E-state index contributed by atoms with van der Waals surface area (Å²) in [5, 5.41) is 2.87. The van der Waals surface area contributed by atoms with Gasteiger partial charge < -0.3 is 25.3 Å². The zero-order chi connectivity index (χ0) is 25.2. The van der Waals surface area contributed by atoms with E-state index >= 15 is 4.39 Å². The number of hydrogen-bond acceptors (Lipinski definition) is 10. The summed E-state index contributed by atoms with van der Waals surface area (Å²) < 4.78 is 34.4. The molecule has 3 heterocycles. The van der Waals surface area contributed by atoms with Crippen LogP contribution < -0.4 is 11.1 Å². The maximum absolute atomic E-state index is 16.3. The third kappa shape index (κ3) is 4.87. The van der Waals surface area contributed by atoms with Crippen molar-refractivity contribution in [3.05, 3.63) is 42.2 Å². The number of imidazole rings is 1. The van der Waals surface area contributed by atoms with Gasteiger partial charge in [0.15, 0.2) is 35.0 Å². The van der Waals surface area contributed by atoms with Gasteiger partial charge >= 0.3 is 11.9 Å². The van der Waals surface area contributed by atoms with E-state index in [9.17, 15) is 9.59 Å². The highest BCUT2D eigenvalue weighted by Crippen LogP contribution is 2.44. The van der Waals surface area contributed by atoms with Crippen molar-refractivity contribution in [3.8, 4) is 0 Å². The number of rotatable bonds is 8. The normalized spacial score (nSPS) is 23.8. The number of fused-ring (bicyclic) bond motifs is 1. The van der Waals surface area contributed by atoms with Gasteiger partial charge in [-0.2, -0.15) is 9.97 Å². The summed E-state index contributed by atoms with van der Waals surface area (Å²) in [5.41, 5.74) is 4.97. The highest BCUT2D eigenvalue weighted by atomic mass is 19.1. The molecule has 1 aliphatic rings.